The minimum atomic E-state index is -0.00474. The molecule has 3 heterocycles. The average Bonchev–Trinajstić information content (AvgIpc) is 3.17. The van der Waals surface area contributed by atoms with E-state index >= 15 is 0 Å². The molecule has 2 aliphatic rings. The van der Waals surface area contributed by atoms with Crippen LogP contribution >= 0.6 is 0 Å². The Kier molecular flexibility index (Phi) is 6.33. The highest BCUT2D eigenvalue weighted by atomic mass is 16.5. The quantitative estimate of drug-likeness (QED) is 0.777. The Balaban J connectivity index is 1.55. The number of furan rings is 1. The fourth-order valence-electron chi connectivity index (χ4n) is 4.27. The Hall–Kier alpha value is -2.15. The standard InChI is InChI=1S/C23H31N3O3/c1-3-21-19(16-25-11-13-28-14-12-25)15-22(29-21)23(27)26-10-9-24(2)17-20(26)18-7-5-4-6-8-18/h4-8,15,20H,3,9-14,16-17H2,1-2H3/t20-/m1/s1. The molecule has 2 aliphatic heterocycles. The number of hydrogen-bond donors (Lipinski definition) is 0. The number of benzene rings is 1. The van der Waals surface area contributed by atoms with Crippen LogP contribution in [-0.2, 0) is 17.7 Å². The van der Waals surface area contributed by atoms with Crippen molar-refractivity contribution in [2.24, 2.45) is 0 Å². The molecule has 6 nitrogen and oxygen atoms in total. The fourth-order valence-corrected chi connectivity index (χ4v) is 4.27. The molecule has 1 atom stereocenters. The molecule has 4 rings (SSSR count). The first-order valence-electron chi connectivity index (χ1n) is 10.6. The van der Waals surface area contributed by atoms with E-state index in [9.17, 15) is 4.79 Å². The lowest BCUT2D eigenvalue weighted by molar-refractivity contribution is 0.0339. The van der Waals surface area contributed by atoms with Crippen molar-refractivity contribution in [2.75, 3.05) is 53.0 Å². The van der Waals surface area contributed by atoms with Crippen LogP contribution in [-0.4, -0.2) is 73.6 Å². The molecule has 0 unspecified atom stereocenters. The van der Waals surface area contributed by atoms with Gasteiger partial charge in [0.05, 0.1) is 19.3 Å². The second kappa shape index (κ2) is 9.11. The molecule has 156 valence electrons. The topological polar surface area (TPSA) is 49.2 Å². The number of nitrogens with zero attached hydrogens (tertiary/aromatic N) is 3. The van der Waals surface area contributed by atoms with Crippen LogP contribution in [0.5, 0.6) is 0 Å². The van der Waals surface area contributed by atoms with Crippen molar-refractivity contribution in [3.63, 3.8) is 0 Å². The van der Waals surface area contributed by atoms with Crippen LogP contribution in [0.2, 0.25) is 0 Å². The predicted molar refractivity (Wildman–Crippen MR) is 112 cm³/mol. The molecule has 0 bridgehead atoms. The number of morpholine rings is 1. The second-order valence-corrected chi connectivity index (χ2v) is 7.99. The fraction of sp³-hybridized carbons (Fsp3) is 0.522. The van der Waals surface area contributed by atoms with Crippen LogP contribution < -0.4 is 0 Å². The van der Waals surface area contributed by atoms with Crippen molar-refractivity contribution < 1.29 is 13.9 Å². The number of hydrogen-bond acceptors (Lipinski definition) is 5. The molecule has 29 heavy (non-hydrogen) atoms. The van der Waals surface area contributed by atoms with E-state index in [0.29, 0.717) is 12.3 Å². The summed E-state index contributed by atoms with van der Waals surface area (Å²) in [6.07, 6.45) is 0.789. The monoisotopic (exact) mass is 397 g/mol. The van der Waals surface area contributed by atoms with Crippen LogP contribution in [0.15, 0.2) is 40.8 Å². The molecule has 0 aliphatic carbocycles. The van der Waals surface area contributed by atoms with Gasteiger partial charge in [0.25, 0.3) is 5.91 Å². The summed E-state index contributed by atoms with van der Waals surface area (Å²) in [7, 11) is 2.11. The number of carbonyl (C=O) groups excluding carboxylic acids is 1. The molecule has 1 aromatic carbocycles. The van der Waals surface area contributed by atoms with Crippen molar-refractivity contribution in [1.82, 2.24) is 14.7 Å². The number of carbonyl (C=O) groups is 1. The minimum absolute atomic E-state index is 0.00474. The molecule has 1 aromatic heterocycles. The maximum Gasteiger partial charge on any atom is 0.290 e. The van der Waals surface area contributed by atoms with E-state index in [4.69, 9.17) is 9.15 Å². The zero-order valence-electron chi connectivity index (χ0n) is 17.5. The first-order chi connectivity index (χ1) is 14.2. The van der Waals surface area contributed by atoms with Gasteiger partial charge in [-0.05, 0) is 18.7 Å². The number of likely N-dealkylation sites (N-methyl/N-ethyl adjacent to an activating group) is 1. The van der Waals surface area contributed by atoms with Gasteiger partial charge in [0, 0.05) is 51.3 Å². The van der Waals surface area contributed by atoms with Crippen molar-refractivity contribution in [2.45, 2.75) is 25.9 Å². The first kappa shape index (κ1) is 20.1. The van der Waals surface area contributed by atoms with Crippen molar-refractivity contribution in [3.8, 4) is 0 Å². The lowest BCUT2D eigenvalue weighted by Gasteiger charge is -2.40. The van der Waals surface area contributed by atoms with Gasteiger partial charge in [0.2, 0.25) is 0 Å². The summed E-state index contributed by atoms with van der Waals surface area (Å²) < 4.78 is 11.5. The summed E-state index contributed by atoms with van der Waals surface area (Å²) in [5.41, 5.74) is 2.30. The summed E-state index contributed by atoms with van der Waals surface area (Å²) in [5.74, 6) is 1.38. The van der Waals surface area contributed by atoms with Gasteiger partial charge in [0.1, 0.15) is 5.76 Å². The Morgan fingerprint density at radius 1 is 1.10 bits per heavy atom. The van der Waals surface area contributed by atoms with Crippen LogP contribution in [0.3, 0.4) is 0 Å². The van der Waals surface area contributed by atoms with Gasteiger partial charge in [-0.1, -0.05) is 37.3 Å². The highest BCUT2D eigenvalue weighted by Gasteiger charge is 2.33. The largest absolute Gasteiger partial charge is 0.456 e. The lowest BCUT2D eigenvalue weighted by Crippen LogP contribution is -2.49. The SMILES string of the molecule is CCc1oc(C(=O)N2CCN(C)C[C@@H]2c2ccccc2)cc1CN1CCOCC1. The average molecular weight is 398 g/mol. The summed E-state index contributed by atoms with van der Waals surface area (Å²) in [6, 6.07) is 12.3. The maximum absolute atomic E-state index is 13.4. The molecular weight excluding hydrogens is 366 g/mol. The van der Waals surface area contributed by atoms with E-state index in [0.717, 1.165) is 63.7 Å². The molecular formula is C23H31N3O3. The summed E-state index contributed by atoms with van der Waals surface area (Å²) in [5, 5.41) is 0. The van der Waals surface area contributed by atoms with Crippen molar-refractivity contribution in [3.05, 3.63) is 59.0 Å². The number of piperazine rings is 1. The lowest BCUT2D eigenvalue weighted by atomic mass is 10.0. The third-order valence-electron chi connectivity index (χ3n) is 5.95. The van der Waals surface area contributed by atoms with Gasteiger partial charge in [-0.2, -0.15) is 0 Å². The van der Waals surface area contributed by atoms with Gasteiger partial charge >= 0.3 is 0 Å². The molecule has 0 saturated carbocycles. The van der Waals surface area contributed by atoms with Gasteiger partial charge < -0.3 is 19.0 Å². The number of rotatable bonds is 5. The molecule has 0 radical (unpaired) electrons. The van der Waals surface area contributed by atoms with Gasteiger partial charge in [-0.3, -0.25) is 9.69 Å². The zero-order chi connectivity index (χ0) is 20.2. The van der Waals surface area contributed by atoms with E-state index in [1.807, 2.05) is 29.2 Å². The third-order valence-corrected chi connectivity index (χ3v) is 5.95. The Bertz CT molecular complexity index is 814. The van der Waals surface area contributed by atoms with Crippen LogP contribution in [0.25, 0.3) is 0 Å². The third kappa shape index (κ3) is 4.55. The van der Waals surface area contributed by atoms with E-state index in [1.54, 1.807) is 0 Å². The van der Waals surface area contributed by atoms with E-state index in [1.165, 1.54) is 5.56 Å². The van der Waals surface area contributed by atoms with Crippen LogP contribution in [0, 0.1) is 0 Å². The van der Waals surface area contributed by atoms with Crippen molar-refractivity contribution in [1.29, 1.82) is 0 Å². The summed E-state index contributed by atoms with van der Waals surface area (Å²) in [6.45, 7) is 8.69. The second-order valence-electron chi connectivity index (χ2n) is 7.99. The van der Waals surface area contributed by atoms with Gasteiger partial charge in [-0.25, -0.2) is 0 Å². The molecule has 0 N–H and O–H groups in total. The number of ether oxygens (including phenoxy) is 1. The molecule has 1 amide bonds. The van der Waals surface area contributed by atoms with Crippen LogP contribution in [0.1, 0.15) is 40.4 Å². The van der Waals surface area contributed by atoms with Gasteiger partial charge in [0.15, 0.2) is 5.76 Å². The molecule has 2 aromatic rings. The Morgan fingerprint density at radius 3 is 2.59 bits per heavy atom. The predicted octanol–water partition coefficient (Wildman–Crippen LogP) is 2.80. The van der Waals surface area contributed by atoms with Crippen LogP contribution in [0.4, 0.5) is 0 Å². The summed E-state index contributed by atoms with van der Waals surface area (Å²) >= 11 is 0. The molecule has 6 heteroatoms. The minimum Gasteiger partial charge on any atom is -0.456 e. The van der Waals surface area contributed by atoms with Crippen molar-refractivity contribution >= 4 is 5.91 Å². The molecule has 2 fully saturated rings. The maximum atomic E-state index is 13.4. The molecule has 0 spiro atoms. The smallest absolute Gasteiger partial charge is 0.290 e. The highest BCUT2D eigenvalue weighted by Crippen LogP contribution is 2.28. The number of amides is 1. The zero-order valence-corrected chi connectivity index (χ0v) is 17.5. The molecule has 2 saturated heterocycles. The van der Waals surface area contributed by atoms with Gasteiger partial charge in [-0.15, -0.1) is 0 Å². The van der Waals surface area contributed by atoms with E-state index in [-0.39, 0.29) is 11.9 Å². The number of aryl methyl sites for hydroxylation is 1. The summed E-state index contributed by atoms with van der Waals surface area (Å²) in [4.78, 5) is 20.1. The van der Waals surface area contributed by atoms with E-state index in [2.05, 4.69) is 35.9 Å². The first-order valence-corrected chi connectivity index (χ1v) is 10.6. The normalized spacial score (nSPS) is 21.4. The highest BCUT2D eigenvalue weighted by molar-refractivity contribution is 5.92. The van der Waals surface area contributed by atoms with E-state index < -0.39 is 0 Å². The Labute approximate surface area is 173 Å². The Morgan fingerprint density at radius 2 is 1.86 bits per heavy atom.